The van der Waals surface area contributed by atoms with Gasteiger partial charge in [-0.3, -0.25) is 4.79 Å². The van der Waals surface area contributed by atoms with Crippen molar-refractivity contribution in [3.8, 4) is 17.3 Å². The maximum atomic E-state index is 12.4. The Morgan fingerprint density at radius 3 is 2.62 bits per heavy atom. The largest absolute Gasteiger partial charge is 0.386 e. The molecule has 1 saturated carbocycles. The van der Waals surface area contributed by atoms with Gasteiger partial charge in [0.1, 0.15) is 16.8 Å². The first kappa shape index (κ1) is 16.9. The van der Waals surface area contributed by atoms with E-state index in [1.165, 1.54) is 0 Å². The Kier molecular flexibility index (Phi) is 4.33. The Bertz CT molecular complexity index is 890. The highest BCUT2D eigenvalue weighted by atomic mass is 32.1. The molecule has 1 fully saturated rings. The van der Waals surface area contributed by atoms with Crippen LogP contribution >= 0.6 is 11.3 Å². The fourth-order valence-electron chi connectivity index (χ4n) is 4.47. The van der Waals surface area contributed by atoms with Crippen molar-refractivity contribution < 1.29 is 4.79 Å². The summed E-state index contributed by atoms with van der Waals surface area (Å²) in [6.07, 6.45) is 4.78. The molecule has 2 heterocycles. The molecule has 5 nitrogen and oxygen atoms in total. The monoisotopic (exact) mass is 364 g/mol. The number of amides is 1. The number of nitriles is 1. The van der Waals surface area contributed by atoms with Crippen molar-refractivity contribution in [2.45, 2.75) is 38.0 Å². The molecule has 1 aliphatic heterocycles. The molecule has 0 radical (unpaired) electrons. The molecular weight excluding hydrogens is 344 g/mol. The van der Waals surface area contributed by atoms with E-state index in [0.717, 1.165) is 48.4 Å². The number of hydrogen-bond donors (Lipinski definition) is 1. The molecule has 26 heavy (non-hydrogen) atoms. The Balaban J connectivity index is 1.80. The molecule has 4 rings (SSSR count). The van der Waals surface area contributed by atoms with Gasteiger partial charge in [0.05, 0.1) is 17.7 Å². The number of aromatic nitrogens is 1. The summed E-state index contributed by atoms with van der Waals surface area (Å²) >= 11 is 1.54. The van der Waals surface area contributed by atoms with Crippen LogP contribution in [0, 0.1) is 22.7 Å². The summed E-state index contributed by atoms with van der Waals surface area (Å²) in [7, 11) is 0. The zero-order valence-corrected chi connectivity index (χ0v) is 15.2. The smallest absolute Gasteiger partial charge is 0.265 e. The van der Waals surface area contributed by atoms with Gasteiger partial charge in [0.25, 0.3) is 5.91 Å². The molecule has 1 amide bonds. The Hall–Kier alpha value is -2.52. The number of thiazole rings is 1. The van der Waals surface area contributed by atoms with E-state index in [9.17, 15) is 10.1 Å². The van der Waals surface area contributed by atoms with Crippen LogP contribution in [-0.2, 0) is 4.79 Å². The maximum absolute atomic E-state index is 12.4. The van der Waals surface area contributed by atoms with E-state index in [0.29, 0.717) is 5.84 Å². The van der Waals surface area contributed by atoms with Gasteiger partial charge in [-0.2, -0.15) is 10.3 Å². The lowest BCUT2D eigenvalue weighted by atomic mass is 9.57. The van der Waals surface area contributed by atoms with Gasteiger partial charge in [-0.05, 0) is 12.8 Å². The molecular formula is C20H20N4OS. The van der Waals surface area contributed by atoms with Crippen molar-refractivity contribution in [3.05, 3.63) is 40.7 Å². The van der Waals surface area contributed by atoms with Crippen LogP contribution in [0.5, 0.6) is 0 Å². The lowest BCUT2D eigenvalue weighted by Gasteiger charge is -2.46. The fourth-order valence-corrected chi connectivity index (χ4v) is 5.53. The van der Waals surface area contributed by atoms with Crippen LogP contribution in [0.3, 0.4) is 0 Å². The predicted molar refractivity (Wildman–Crippen MR) is 102 cm³/mol. The minimum absolute atomic E-state index is 0.257. The van der Waals surface area contributed by atoms with Crippen LogP contribution < -0.4 is 5.73 Å². The van der Waals surface area contributed by atoms with Crippen molar-refractivity contribution in [3.63, 3.8) is 0 Å². The third-order valence-electron chi connectivity index (χ3n) is 5.68. The van der Waals surface area contributed by atoms with E-state index in [1.807, 2.05) is 35.7 Å². The number of benzene rings is 1. The highest BCUT2D eigenvalue weighted by Crippen LogP contribution is 2.55. The van der Waals surface area contributed by atoms with Gasteiger partial charge in [-0.25, -0.2) is 4.98 Å². The number of nitrogens with zero attached hydrogens (tertiary/aromatic N) is 3. The highest BCUT2D eigenvalue weighted by molar-refractivity contribution is 7.10. The maximum Gasteiger partial charge on any atom is 0.265 e. The molecule has 2 N–H and O–H groups in total. The topological polar surface area (TPSA) is 92.1 Å². The summed E-state index contributed by atoms with van der Waals surface area (Å²) in [6.45, 7) is 0. The number of aliphatic imine (C=N–C) groups is 1. The van der Waals surface area contributed by atoms with Crippen LogP contribution in [-0.4, -0.2) is 16.7 Å². The van der Waals surface area contributed by atoms with E-state index in [-0.39, 0.29) is 11.8 Å². The molecule has 6 heteroatoms. The summed E-state index contributed by atoms with van der Waals surface area (Å²) in [6, 6.07) is 12.2. The Labute approximate surface area is 156 Å². The summed E-state index contributed by atoms with van der Waals surface area (Å²) in [5.41, 5.74) is 7.73. The molecule has 1 spiro atoms. The summed E-state index contributed by atoms with van der Waals surface area (Å²) < 4.78 is 0. The third kappa shape index (κ3) is 2.63. The molecule has 1 aliphatic carbocycles. The van der Waals surface area contributed by atoms with Crippen molar-refractivity contribution in [2.24, 2.45) is 22.1 Å². The lowest BCUT2D eigenvalue weighted by molar-refractivity contribution is -0.125. The molecule has 0 saturated heterocycles. The van der Waals surface area contributed by atoms with Gasteiger partial charge in [0, 0.05) is 16.4 Å². The average molecular weight is 364 g/mol. The number of rotatable bonds is 2. The Morgan fingerprint density at radius 1 is 1.19 bits per heavy atom. The lowest BCUT2D eigenvalue weighted by Crippen LogP contribution is -2.50. The molecule has 0 unspecified atom stereocenters. The highest BCUT2D eigenvalue weighted by Gasteiger charge is 2.55. The molecule has 2 aliphatic rings. The molecule has 132 valence electrons. The van der Waals surface area contributed by atoms with Crippen LogP contribution in [0.4, 0.5) is 0 Å². The SMILES string of the molecule is N#C[C@@H]1C(=O)N=C(N)[C@H](c2nc(-c3ccccc3)cs2)C12CCCCC2. The van der Waals surface area contributed by atoms with E-state index in [1.54, 1.807) is 11.3 Å². The molecule has 1 aromatic carbocycles. The van der Waals surface area contributed by atoms with Gasteiger partial charge in [0.2, 0.25) is 0 Å². The zero-order chi connectivity index (χ0) is 18.1. The quantitative estimate of drug-likeness (QED) is 0.875. The first-order chi connectivity index (χ1) is 12.7. The third-order valence-corrected chi connectivity index (χ3v) is 6.59. The van der Waals surface area contributed by atoms with Crippen molar-refractivity contribution >= 4 is 23.1 Å². The van der Waals surface area contributed by atoms with E-state index in [2.05, 4.69) is 11.1 Å². The average Bonchev–Trinajstić information content (AvgIpc) is 3.12. The van der Waals surface area contributed by atoms with E-state index >= 15 is 0 Å². The normalized spacial score (nSPS) is 24.9. The summed E-state index contributed by atoms with van der Waals surface area (Å²) in [5, 5.41) is 12.6. The second-order valence-corrected chi connectivity index (χ2v) is 7.99. The second-order valence-electron chi connectivity index (χ2n) is 7.10. The van der Waals surface area contributed by atoms with Crippen LogP contribution in [0.2, 0.25) is 0 Å². The number of nitrogens with two attached hydrogens (primary N) is 1. The summed E-state index contributed by atoms with van der Waals surface area (Å²) in [4.78, 5) is 21.3. The standard InChI is InChI=1S/C20H20N4OS/c21-11-14-18(25)24-17(22)16(20(14)9-5-2-6-10-20)19-23-15(12-26-19)13-7-3-1-4-8-13/h1,3-4,7-8,12,14,16H,2,5-6,9-10H2,(H2,22,24,25)/t14-,16-/m1/s1. The summed E-state index contributed by atoms with van der Waals surface area (Å²) in [5.74, 6) is -1.06. The van der Waals surface area contributed by atoms with Crippen molar-refractivity contribution in [2.75, 3.05) is 0 Å². The van der Waals surface area contributed by atoms with Crippen LogP contribution in [0.25, 0.3) is 11.3 Å². The molecule has 0 bridgehead atoms. The van der Waals surface area contributed by atoms with Gasteiger partial charge in [-0.15, -0.1) is 11.3 Å². The van der Waals surface area contributed by atoms with Gasteiger partial charge in [0.15, 0.2) is 0 Å². The number of hydrogen-bond acceptors (Lipinski definition) is 5. The van der Waals surface area contributed by atoms with Gasteiger partial charge < -0.3 is 5.73 Å². The minimum Gasteiger partial charge on any atom is -0.386 e. The van der Waals surface area contributed by atoms with Crippen LogP contribution in [0.15, 0.2) is 40.7 Å². The number of amidine groups is 1. The fraction of sp³-hybridized carbons (Fsp3) is 0.400. The number of carbonyl (C=O) groups is 1. The van der Waals surface area contributed by atoms with Crippen molar-refractivity contribution in [1.29, 1.82) is 5.26 Å². The Morgan fingerprint density at radius 2 is 1.92 bits per heavy atom. The second kappa shape index (κ2) is 6.65. The molecule has 1 aromatic heterocycles. The first-order valence-corrected chi connectivity index (χ1v) is 9.82. The molecule has 2 atom stereocenters. The van der Waals surface area contributed by atoms with Gasteiger partial charge in [-0.1, -0.05) is 49.6 Å². The van der Waals surface area contributed by atoms with Crippen LogP contribution in [0.1, 0.15) is 43.0 Å². The van der Waals surface area contributed by atoms with Crippen molar-refractivity contribution in [1.82, 2.24) is 4.98 Å². The number of carbonyl (C=O) groups excluding carboxylic acids is 1. The molecule has 2 aromatic rings. The first-order valence-electron chi connectivity index (χ1n) is 8.94. The van der Waals surface area contributed by atoms with E-state index < -0.39 is 11.3 Å². The van der Waals surface area contributed by atoms with E-state index in [4.69, 9.17) is 10.7 Å². The zero-order valence-electron chi connectivity index (χ0n) is 14.4. The minimum atomic E-state index is -0.732. The predicted octanol–water partition coefficient (Wildman–Crippen LogP) is 3.88. The van der Waals surface area contributed by atoms with Gasteiger partial charge >= 0.3 is 0 Å².